The number of rotatable bonds is 19. The molecule has 0 fully saturated rings. The van der Waals surface area contributed by atoms with Crippen LogP contribution in [-0.4, -0.2) is 35.9 Å². The van der Waals surface area contributed by atoms with Gasteiger partial charge < -0.3 is 14.6 Å². The fourth-order valence-electron chi connectivity index (χ4n) is 2.75. The summed E-state index contributed by atoms with van der Waals surface area (Å²) in [5, 5.41) is 8.78. The quantitative estimate of drug-likeness (QED) is 0.225. The summed E-state index contributed by atoms with van der Waals surface area (Å²) < 4.78 is 10.2. The Morgan fingerprint density at radius 3 is 1.64 bits per heavy atom. The van der Waals surface area contributed by atoms with Gasteiger partial charge in [-0.3, -0.25) is 0 Å². The van der Waals surface area contributed by atoms with Crippen LogP contribution in [0.3, 0.4) is 0 Å². The van der Waals surface area contributed by atoms with E-state index in [0.29, 0.717) is 11.7 Å². The molecule has 1 N–H and O–H groups in total. The SMILES string of the molecule is CCCCCCCCCCCCCCCCOC(=S)COCC(=O)O. The zero-order valence-corrected chi connectivity index (χ0v) is 16.9. The van der Waals surface area contributed by atoms with Crippen molar-refractivity contribution in [1.29, 1.82) is 0 Å². The van der Waals surface area contributed by atoms with Crippen molar-refractivity contribution in [1.82, 2.24) is 0 Å². The van der Waals surface area contributed by atoms with Crippen LogP contribution in [0.5, 0.6) is 0 Å². The highest BCUT2D eigenvalue weighted by Crippen LogP contribution is 2.12. The molecule has 0 saturated carbocycles. The average Bonchev–Trinajstić information content (AvgIpc) is 2.58. The summed E-state index contributed by atoms with van der Waals surface area (Å²) in [6.45, 7) is 2.62. The second kappa shape index (κ2) is 19.6. The maximum absolute atomic E-state index is 10.3. The van der Waals surface area contributed by atoms with Crippen LogP contribution in [0.2, 0.25) is 0 Å². The first-order valence-corrected chi connectivity index (χ1v) is 10.5. The Labute approximate surface area is 159 Å². The molecule has 148 valence electrons. The molecule has 4 nitrogen and oxygen atoms in total. The van der Waals surface area contributed by atoms with E-state index in [9.17, 15) is 4.79 Å². The number of aliphatic carboxylic acids is 1. The van der Waals surface area contributed by atoms with Crippen molar-refractivity contribution in [3.63, 3.8) is 0 Å². The van der Waals surface area contributed by atoms with E-state index >= 15 is 0 Å². The minimum absolute atomic E-state index is 0.0836. The van der Waals surface area contributed by atoms with E-state index in [4.69, 9.17) is 26.8 Å². The molecular formula is C20H38O4S. The van der Waals surface area contributed by atoms with E-state index in [0.717, 1.165) is 12.8 Å². The molecule has 0 aliphatic heterocycles. The van der Waals surface area contributed by atoms with Crippen molar-refractivity contribution >= 4 is 23.2 Å². The number of unbranched alkanes of at least 4 members (excludes halogenated alkanes) is 13. The lowest BCUT2D eigenvalue weighted by Crippen LogP contribution is -2.15. The van der Waals surface area contributed by atoms with Gasteiger partial charge in [-0.15, -0.1) is 0 Å². The van der Waals surface area contributed by atoms with Crippen molar-refractivity contribution in [2.24, 2.45) is 0 Å². The van der Waals surface area contributed by atoms with E-state index in [-0.39, 0.29) is 13.2 Å². The third-order valence-electron chi connectivity index (χ3n) is 4.21. The molecule has 0 aliphatic carbocycles. The Hall–Kier alpha value is -0.680. The van der Waals surface area contributed by atoms with Gasteiger partial charge in [0.15, 0.2) is 5.05 Å². The normalized spacial score (nSPS) is 10.8. The topological polar surface area (TPSA) is 55.8 Å². The van der Waals surface area contributed by atoms with Gasteiger partial charge in [-0.2, -0.15) is 0 Å². The van der Waals surface area contributed by atoms with Crippen molar-refractivity contribution in [2.75, 3.05) is 19.8 Å². The van der Waals surface area contributed by atoms with Gasteiger partial charge >= 0.3 is 5.97 Å². The Morgan fingerprint density at radius 1 is 0.760 bits per heavy atom. The fraction of sp³-hybridized carbons (Fsp3) is 0.900. The van der Waals surface area contributed by atoms with E-state index in [1.165, 1.54) is 77.0 Å². The average molecular weight is 375 g/mol. The molecule has 0 saturated heterocycles. The number of carbonyl (C=O) groups is 1. The standard InChI is InChI=1S/C20H38O4S/c1-2-3-4-5-6-7-8-9-10-11-12-13-14-15-16-24-20(25)18-23-17-19(21)22/h2-18H2,1H3,(H,21,22). The Kier molecular flexibility index (Phi) is 19.1. The lowest BCUT2D eigenvalue weighted by molar-refractivity contribution is -0.141. The van der Waals surface area contributed by atoms with Crippen molar-refractivity contribution < 1.29 is 19.4 Å². The zero-order chi connectivity index (χ0) is 18.6. The first kappa shape index (κ1) is 24.3. The predicted octanol–water partition coefficient (Wildman–Crippen LogP) is 5.91. The van der Waals surface area contributed by atoms with Crippen LogP contribution in [0.4, 0.5) is 0 Å². The van der Waals surface area contributed by atoms with E-state index < -0.39 is 5.97 Å². The third kappa shape index (κ3) is 21.3. The van der Waals surface area contributed by atoms with Gasteiger partial charge in [0.1, 0.15) is 13.2 Å². The summed E-state index contributed by atoms with van der Waals surface area (Å²) >= 11 is 4.97. The van der Waals surface area contributed by atoms with Gasteiger partial charge in [0.2, 0.25) is 0 Å². The molecule has 0 aliphatic rings. The lowest BCUT2D eigenvalue weighted by atomic mass is 10.0. The molecule has 0 aromatic heterocycles. The van der Waals surface area contributed by atoms with E-state index in [1.807, 2.05) is 0 Å². The van der Waals surface area contributed by atoms with Gasteiger partial charge in [-0.1, -0.05) is 90.4 Å². The molecule has 0 bridgehead atoms. The first-order chi connectivity index (χ1) is 12.2. The minimum atomic E-state index is -0.991. The van der Waals surface area contributed by atoms with Crippen molar-refractivity contribution in [3.8, 4) is 0 Å². The minimum Gasteiger partial charge on any atom is -0.485 e. The van der Waals surface area contributed by atoms with E-state index in [2.05, 4.69) is 6.92 Å². The first-order valence-electron chi connectivity index (χ1n) is 10.1. The summed E-state index contributed by atoms with van der Waals surface area (Å²) in [6, 6.07) is 0. The van der Waals surface area contributed by atoms with Crippen molar-refractivity contribution in [3.05, 3.63) is 0 Å². The van der Waals surface area contributed by atoms with Gasteiger partial charge in [0.05, 0.1) is 6.61 Å². The molecule has 25 heavy (non-hydrogen) atoms. The lowest BCUT2D eigenvalue weighted by Gasteiger charge is -2.07. The number of hydrogen-bond acceptors (Lipinski definition) is 4. The van der Waals surface area contributed by atoms with Gasteiger partial charge in [0.25, 0.3) is 0 Å². The number of carboxylic acids is 1. The highest BCUT2D eigenvalue weighted by atomic mass is 32.1. The highest BCUT2D eigenvalue weighted by Gasteiger charge is 2.01. The maximum atomic E-state index is 10.3. The second-order valence-electron chi connectivity index (χ2n) is 6.70. The molecular weight excluding hydrogens is 336 g/mol. The summed E-state index contributed by atoms with van der Waals surface area (Å²) in [5.41, 5.74) is 0. The van der Waals surface area contributed by atoms with Gasteiger partial charge in [-0.25, -0.2) is 4.79 Å². The number of hydrogen-bond donors (Lipinski definition) is 1. The second-order valence-corrected chi connectivity index (χ2v) is 7.16. The Balaban J connectivity index is 3.11. The van der Waals surface area contributed by atoms with Gasteiger partial charge in [-0.05, 0) is 18.6 Å². The summed E-state index contributed by atoms with van der Waals surface area (Å²) in [6.07, 6.45) is 18.6. The van der Waals surface area contributed by atoms with Gasteiger partial charge in [0, 0.05) is 0 Å². The fourth-order valence-corrected chi connectivity index (χ4v) is 2.91. The molecule has 0 unspecified atom stereocenters. The largest absolute Gasteiger partial charge is 0.485 e. The number of thiocarbonyl (C=S) groups is 1. The molecule has 0 aromatic rings. The molecule has 0 heterocycles. The summed E-state index contributed by atoms with van der Waals surface area (Å²) in [7, 11) is 0. The van der Waals surface area contributed by atoms with Crippen LogP contribution in [0.1, 0.15) is 96.8 Å². The van der Waals surface area contributed by atoms with Crippen LogP contribution >= 0.6 is 12.2 Å². The molecule has 0 radical (unpaired) electrons. The number of ether oxygens (including phenoxy) is 2. The maximum Gasteiger partial charge on any atom is 0.329 e. The number of carboxylic acid groups (broad SMARTS) is 1. The predicted molar refractivity (Wildman–Crippen MR) is 107 cm³/mol. The smallest absolute Gasteiger partial charge is 0.329 e. The van der Waals surface area contributed by atoms with Crippen LogP contribution in [0.25, 0.3) is 0 Å². The van der Waals surface area contributed by atoms with Crippen LogP contribution < -0.4 is 0 Å². The van der Waals surface area contributed by atoms with Crippen LogP contribution in [-0.2, 0) is 14.3 Å². The van der Waals surface area contributed by atoms with Crippen molar-refractivity contribution in [2.45, 2.75) is 96.8 Å². The zero-order valence-electron chi connectivity index (χ0n) is 16.1. The molecule has 0 amide bonds. The Bertz CT molecular complexity index is 321. The molecule has 5 heteroatoms. The molecule has 0 spiro atoms. The molecule has 0 atom stereocenters. The molecule has 0 rings (SSSR count). The Morgan fingerprint density at radius 2 is 1.20 bits per heavy atom. The highest BCUT2D eigenvalue weighted by molar-refractivity contribution is 7.80. The van der Waals surface area contributed by atoms with E-state index in [1.54, 1.807) is 0 Å². The summed E-state index contributed by atoms with van der Waals surface area (Å²) in [5.74, 6) is -0.991. The summed E-state index contributed by atoms with van der Waals surface area (Å²) in [4.78, 5) is 10.3. The molecule has 0 aromatic carbocycles. The monoisotopic (exact) mass is 374 g/mol. The van der Waals surface area contributed by atoms with Crippen LogP contribution in [0.15, 0.2) is 0 Å². The third-order valence-corrected chi connectivity index (χ3v) is 4.44. The van der Waals surface area contributed by atoms with Crippen LogP contribution in [0, 0.1) is 0 Å².